The van der Waals surface area contributed by atoms with Crippen molar-refractivity contribution in [2.45, 2.75) is 13.5 Å². The van der Waals surface area contributed by atoms with Crippen molar-refractivity contribution in [2.75, 3.05) is 0 Å². The van der Waals surface area contributed by atoms with Gasteiger partial charge in [-0.25, -0.2) is 4.68 Å². The summed E-state index contributed by atoms with van der Waals surface area (Å²) in [6.45, 7) is 2.23. The number of nitrogens with zero attached hydrogens (tertiary/aromatic N) is 2. The molecule has 0 unspecified atom stereocenters. The Morgan fingerprint density at radius 3 is 2.60 bits per heavy atom. The van der Waals surface area contributed by atoms with Crippen LogP contribution in [0.25, 0.3) is 10.8 Å². The molecule has 0 fully saturated rings. The third-order valence-corrected chi connectivity index (χ3v) is 3.33. The second kappa shape index (κ2) is 4.81. The predicted octanol–water partition coefficient (Wildman–Crippen LogP) is 2.46. The first-order valence-electron chi connectivity index (χ1n) is 6.40. The first-order chi connectivity index (χ1) is 9.66. The third-order valence-electron chi connectivity index (χ3n) is 3.33. The molecule has 0 saturated carbocycles. The molecule has 3 aromatic rings. The first-order valence-corrected chi connectivity index (χ1v) is 6.40. The molecule has 0 radical (unpaired) electrons. The maximum absolute atomic E-state index is 12.4. The van der Waals surface area contributed by atoms with Gasteiger partial charge in [0.2, 0.25) is 0 Å². The molecule has 0 aliphatic heterocycles. The van der Waals surface area contributed by atoms with Gasteiger partial charge in [0.25, 0.3) is 5.56 Å². The van der Waals surface area contributed by atoms with Crippen molar-refractivity contribution in [1.82, 2.24) is 9.78 Å². The number of phenolic OH excluding ortho intramolecular Hbond substituents is 1. The average molecular weight is 266 g/mol. The van der Waals surface area contributed by atoms with Gasteiger partial charge in [-0.1, -0.05) is 42.5 Å². The normalized spacial score (nSPS) is 10.8. The summed E-state index contributed by atoms with van der Waals surface area (Å²) in [5, 5.41) is 15.3. The smallest absolute Gasteiger partial charge is 0.278 e. The van der Waals surface area contributed by atoms with Crippen LogP contribution in [0.15, 0.2) is 53.3 Å². The Kier molecular flexibility index (Phi) is 2.99. The lowest BCUT2D eigenvalue weighted by Crippen LogP contribution is -2.24. The highest BCUT2D eigenvalue weighted by atomic mass is 16.3. The molecule has 1 N–H and O–H groups in total. The molecule has 20 heavy (non-hydrogen) atoms. The monoisotopic (exact) mass is 266 g/mol. The van der Waals surface area contributed by atoms with E-state index in [-0.39, 0.29) is 11.3 Å². The summed E-state index contributed by atoms with van der Waals surface area (Å²) in [6.07, 6.45) is 0. The minimum atomic E-state index is -0.271. The van der Waals surface area contributed by atoms with Crippen LogP contribution in [0.3, 0.4) is 0 Å². The molecular weight excluding hydrogens is 252 g/mol. The fourth-order valence-corrected chi connectivity index (χ4v) is 2.34. The van der Waals surface area contributed by atoms with Crippen molar-refractivity contribution in [3.8, 4) is 5.75 Å². The zero-order chi connectivity index (χ0) is 14.1. The van der Waals surface area contributed by atoms with Gasteiger partial charge >= 0.3 is 0 Å². The fraction of sp³-hybridized carbons (Fsp3) is 0.125. The quantitative estimate of drug-likeness (QED) is 0.775. The van der Waals surface area contributed by atoms with Crippen LogP contribution in [0, 0.1) is 6.92 Å². The van der Waals surface area contributed by atoms with Crippen LogP contribution in [0.4, 0.5) is 0 Å². The van der Waals surface area contributed by atoms with Crippen LogP contribution in [-0.4, -0.2) is 14.9 Å². The zero-order valence-corrected chi connectivity index (χ0v) is 11.1. The van der Waals surface area contributed by atoms with Crippen LogP contribution >= 0.6 is 0 Å². The van der Waals surface area contributed by atoms with Gasteiger partial charge in [-0.05, 0) is 18.6 Å². The molecule has 0 amide bonds. The Hall–Kier alpha value is -2.62. The number of hydrogen-bond donors (Lipinski definition) is 1. The number of aromatic nitrogens is 2. The summed E-state index contributed by atoms with van der Waals surface area (Å²) in [5.74, 6) is -0.000174. The fourth-order valence-electron chi connectivity index (χ4n) is 2.34. The van der Waals surface area contributed by atoms with Crippen molar-refractivity contribution in [1.29, 1.82) is 0 Å². The van der Waals surface area contributed by atoms with Crippen molar-refractivity contribution < 1.29 is 5.11 Å². The summed E-state index contributed by atoms with van der Waals surface area (Å²) in [6, 6.07) is 14.7. The van der Waals surface area contributed by atoms with Gasteiger partial charge in [0.1, 0.15) is 5.75 Å². The number of hydrogen-bond acceptors (Lipinski definition) is 3. The molecule has 4 nitrogen and oxygen atoms in total. The number of aromatic hydroxyl groups is 1. The van der Waals surface area contributed by atoms with Gasteiger partial charge in [0.15, 0.2) is 0 Å². The molecule has 0 saturated heterocycles. The van der Waals surface area contributed by atoms with E-state index in [4.69, 9.17) is 0 Å². The number of benzene rings is 2. The Morgan fingerprint density at radius 2 is 1.85 bits per heavy atom. The summed E-state index contributed by atoms with van der Waals surface area (Å²) in [5.41, 5.74) is 1.45. The van der Waals surface area contributed by atoms with Gasteiger partial charge < -0.3 is 5.11 Å². The number of aryl methyl sites for hydroxylation is 1. The summed E-state index contributed by atoms with van der Waals surface area (Å²) >= 11 is 0. The Morgan fingerprint density at radius 1 is 1.10 bits per heavy atom. The number of rotatable bonds is 2. The Balaban J connectivity index is 2.20. The van der Waals surface area contributed by atoms with E-state index in [1.54, 1.807) is 12.1 Å². The molecule has 0 spiro atoms. The number of fused-ring (bicyclic) bond motifs is 1. The molecule has 100 valence electrons. The van der Waals surface area contributed by atoms with Crippen molar-refractivity contribution in [2.24, 2.45) is 0 Å². The van der Waals surface area contributed by atoms with Gasteiger partial charge in [-0.2, -0.15) is 5.10 Å². The second-order valence-corrected chi connectivity index (χ2v) is 4.73. The molecular formula is C16H14N2O2. The highest BCUT2D eigenvalue weighted by Crippen LogP contribution is 2.22. The van der Waals surface area contributed by atoms with Gasteiger partial charge in [0, 0.05) is 5.39 Å². The van der Waals surface area contributed by atoms with E-state index in [0.29, 0.717) is 17.3 Å². The summed E-state index contributed by atoms with van der Waals surface area (Å²) in [4.78, 5) is 12.4. The van der Waals surface area contributed by atoms with Crippen LogP contribution < -0.4 is 5.56 Å². The van der Waals surface area contributed by atoms with E-state index in [2.05, 4.69) is 5.10 Å². The molecule has 3 rings (SSSR count). The van der Waals surface area contributed by atoms with E-state index < -0.39 is 0 Å². The highest BCUT2D eigenvalue weighted by Gasteiger charge is 2.11. The van der Waals surface area contributed by atoms with E-state index in [1.165, 1.54) is 10.7 Å². The molecule has 0 aliphatic carbocycles. The topological polar surface area (TPSA) is 55.1 Å². The summed E-state index contributed by atoms with van der Waals surface area (Å²) < 4.78 is 1.40. The standard InChI is InChI=1S/C16H14N2O2/c1-11-13-8-5-9-14(19)15(13)16(20)18(17-11)10-12-6-3-2-4-7-12/h2-9,19H,10H2,1H3. The first kappa shape index (κ1) is 12.4. The van der Waals surface area contributed by atoms with Crippen LogP contribution in [0.5, 0.6) is 5.75 Å². The lowest BCUT2D eigenvalue weighted by atomic mass is 10.1. The zero-order valence-electron chi connectivity index (χ0n) is 11.1. The van der Waals surface area contributed by atoms with E-state index in [1.807, 2.05) is 37.3 Å². The van der Waals surface area contributed by atoms with Crippen LogP contribution in [0.1, 0.15) is 11.3 Å². The minimum absolute atomic E-state index is 0.000174. The molecule has 0 atom stereocenters. The minimum Gasteiger partial charge on any atom is -0.507 e. The highest BCUT2D eigenvalue weighted by molar-refractivity contribution is 5.88. The lowest BCUT2D eigenvalue weighted by Gasteiger charge is -2.09. The van der Waals surface area contributed by atoms with Crippen molar-refractivity contribution in [3.63, 3.8) is 0 Å². The van der Waals surface area contributed by atoms with Gasteiger partial charge in [-0.3, -0.25) is 4.79 Å². The van der Waals surface area contributed by atoms with E-state index in [0.717, 1.165) is 11.3 Å². The molecule has 0 aliphatic rings. The van der Waals surface area contributed by atoms with Crippen LogP contribution in [-0.2, 0) is 6.54 Å². The molecule has 1 heterocycles. The maximum Gasteiger partial charge on any atom is 0.278 e. The second-order valence-electron chi connectivity index (χ2n) is 4.73. The van der Waals surface area contributed by atoms with Crippen molar-refractivity contribution >= 4 is 10.8 Å². The maximum atomic E-state index is 12.4. The van der Waals surface area contributed by atoms with Crippen molar-refractivity contribution in [3.05, 3.63) is 70.1 Å². The molecule has 4 heteroatoms. The van der Waals surface area contributed by atoms with Gasteiger partial charge in [-0.15, -0.1) is 0 Å². The largest absolute Gasteiger partial charge is 0.507 e. The molecule has 1 aromatic heterocycles. The van der Waals surface area contributed by atoms with Gasteiger partial charge in [0.05, 0.1) is 17.6 Å². The average Bonchev–Trinajstić information content (AvgIpc) is 2.45. The lowest BCUT2D eigenvalue weighted by molar-refractivity contribution is 0.480. The van der Waals surface area contributed by atoms with E-state index >= 15 is 0 Å². The van der Waals surface area contributed by atoms with E-state index in [9.17, 15) is 9.90 Å². The third kappa shape index (κ3) is 2.05. The predicted molar refractivity (Wildman–Crippen MR) is 77.9 cm³/mol. The van der Waals surface area contributed by atoms with Crippen LogP contribution in [0.2, 0.25) is 0 Å². The molecule has 2 aromatic carbocycles. The molecule has 0 bridgehead atoms. The number of phenols is 1. The summed E-state index contributed by atoms with van der Waals surface area (Å²) in [7, 11) is 0. The Labute approximate surface area is 115 Å². The SMILES string of the molecule is Cc1nn(Cc2ccccc2)c(=O)c2c(O)cccc12. The Bertz CT molecular complexity index is 823.